The van der Waals surface area contributed by atoms with E-state index in [0.717, 1.165) is 6.92 Å². The summed E-state index contributed by atoms with van der Waals surface area (Å²) in [6.45, 7) is 0.331. The first kappa shape index (κ1) is 14.9. The third-order valence-electron chi connectivity index (χ3n) is 2.79. The first-order chi connectivity index (χ1) is 9.67. The number of carbonyl (C=O) groups excluding carboxylic acids is 3. The molecule has 0 aromatic carbocycles. The molecule has 0 aliphatic carbocycles. The molecule has 0 saturated carbocycles. The van der Waals surface area contributed by atoms with Gasteiger partial charge in [-0.1, -0.05) is 0 Å². The summed E-state index contributed by atoms with van der Waals surface area (Å²) >= 11 is 0. The fourth-order valence-corrected chi connectivity index (χ4v) is 1.89. The quantitative estimate of drug-likeness (QED) is 0.805. The monoisotopic (exact) mass is 305 g/mol. The van der Waals surface area contributed by atoms with Crippen molar-refractivity contribution in [1.29, 1.82) is 0 Å². The molecule has 1 aliphatic rings. The van der Waals surface area contributed by atoms with Crippen molar-refractivity contribution in [3.63, 3.8) is 0 Å². The van der Waals surface area contributed by atoms with Gasteiger partial charge in [0.05, 0.1) is 12.8 Å². The van der Waals surface area contributed by atoms with Crippen LogP contribution < -0.4 is 10.6 Å². The molecule has 114 valence electrons. The number of urea groups is 1. The van der Waals surface area contributed by atoms with E-state index in [4.69, 9.17) is 4.42 Å². The van der Waals surface area contributed by atoms with E-state index in [2.05, 4.69) is 0 Å². The Labute approximate surface area is 116 Å². The second-order valence-corrected chi connectivity index (χ2v) is 4.33. The molecule has 1 saturated heterocycles. The molecule has 4 amide bonds. The van der Waals surface area contributed by atoms with E-state index >= 15 is 0 Å². The number of imide groups is 1. The summed E-state index contributed by atoms with van der Waals surface area (Å²) in [4.78, 5) is 35.0. The summed E-state index contributed by atoms with van der Waals surface area (Å²) in [5.41, 5.74) is -3.46. The Bertz CT molecular complexity index is 584. The van der Waals surface area contributed by atoms with Crippen molar-refractivity contribution in [2.75, 3.05) is 0 Å². The summed E-state index contributed by atoms with van der Waals surface area (Å²) in [5, 5.41) is 2.96. The van der Waals surface area contributed by atoms with Gasteiger partial charge in [-0.05, 0) is 12.1 Å². The molecule has 2 N–H and O–H groups in total. The summed E-state index contributed by atoms with van der Waals surface area (Å²) in [6, 6.07) is 1.58. The van der Waals surface area contributed by atoms with Crippen molar-refractivity contribution >= 4 is 17.8 Å². The Morgan fingerprint density at radius 2 is 2.14 bits per heavy atom. The van der Waals surface area contributed by atoms with Crippen LogP contribution in [0.25, 0.3) is 0 Å². The topological polar surface area (TPSA) is 91.7 Å². The van der Waals surface area contributed by atoms with Crippen molar-refractivity contribution in [1.82, 2.24) is 15.5 Å². The van der Waals surface area contributed by atoms with E-state index in [1.165, 1.54) is 29.0 Å². The maximum Gasteiger partial charge on any atom is 0.440 e. The van der Waals surface area contributed by atoms with Crippen LogP contribution in [0.4, 0.5) is 18.0 Å². The van der Waals surface area contributed by atoms with E-state index in [1.54, 1.807) is 0 Å². The highest BCUT2D eigenvalue weighted by molar-refractivity contribution is 6.08. The number of carbonyl (C=O) groups is 3. The van der Waals surface area contributed by atoms with Gasteiger partial charge in [-0.2, -0.15) is 13.2 Å². The largest absolute Gasteiger partial charge is 0.467 e. The van der Waals surface area contributed by atoms with Crippen molar-refractivity contribution in [2.24, 2.45) is 0 Å². The highest BCUT2D eigenvalue weighted by Crippen LogP contribution is 2.34. The number of alkyl halides is 3. The lowest BCUT2D eigenvalue weighted by Crippen LogP contribution is -2.69. The Balaban J connectivity index is 2.35. The van der Waals surface area contributed by atoms with Crippen molar-refractivity contribution in [2.45, 2.75) is 25.3 Å². The minimum atomic E-state index is -5.19. The third kappa shape index (κ3) is 2.43. The molecular weight excluding hydrogens is 295 g/mol. The molecule has 1 aliphatic heterocycles. The van der Waals surface area contributed by atoms with Gasteiger partial charge in [0.15, 0.2) is 0 Å². The molecule has 1 unspecified atom stereocenters. The lowest BCUT2D eigenvalue weighted by Gasteiger charge is -2.29. The molecule has 1 aromatic rings. The second-order valence-electron chi connectivity index (χ2n) is 4.33. The molecule has 2 rings (SSSR count). The highest BCUT2D eigenvalue weighted by Gasteiger charge is 2.68. The Morgan fingerprint density at radius 3 is 2.62 bits per heavy atom. The zero-order chi connectivity index (χ0) is 15.8. The fraction of sp³-hybridized carbons (Fsp3) is 0.364. The Hall–Kier alpha value is -2.52. The first-order valence-corrected chi connectivity index (χ1v) is 5.69. The number of amides is 4. The lowest BCUT2D eigenvalue weighted by molar-refractivity contribution is -0.204. The average Bonchev–Trinajstić information content (AvgIpc) is 2.91. The summed E-state index contributed by atoms with van der Waals surface area (Å²) in [6.07, 6.45) is -3.94. The van der Waals surface area contributed by atoms with Crippen LogP contribution in [0.2, 0.25) is 0 Å². The van der Waals surface area contributed by atoms with Crippen LogP contribution in [0, 0.1) is 0 Å². The van der Waals surface area contributed by atoms with Crippen LogP contribution in [-0.2, 0) is 16.1 Å². The minimum Gasteiger partial charge on any atom is -0.467 e. The molecular formula is C11H10F3N3O4. The van der Waals surface area contributed by atoms with E-state index in [-0.39, 0.29) is 5.76 Å². The van der Waals surface area contributed by atoms with Gasteiger partial charge in [-0.25, -0.2) is 4.79 Å². The van der Waals surface area contributed by atoms with Gasteiger partial charge in [0.25, 0.3) is 11.6 Å². The number of furan rings is 1. The number of hydrogen-bond donors (Lipinski definition) is 2. The van der Waals surface area contributed by atoms with Gasteiger partial charge in [0.1, 0.15) is 5.76 Å². The third-order valence-corrected chi connectivity index (χ3v) is 2.79. The summed E-state index contributed by atoms with van der Waals surface area (Å²) < 4.78 is 44.3. The standard InChI is InChI=1S/C11H10F3N3O4/c1-6(18)15-10(11(12,13)14)8(19)17(9(20)16-10)5-7-3-2-4-21-7/h2-4H,5H2,1H3,(H,15,18)(H,16,20). The SMILES string of the molecule is CC(=O)NC1(C(F)(F)F)NC(=O)N(Cc2ccco2)C1=O. The predicted molar refractivity (Wildman–Crippen MR) is 60.4 cm³/mol. The maximum atomic E-state index is 13.2. The van der Waals surface area contributed by atoms with E-state index in [1.807, 2.05) is 0 Å². The highest BCUT2D eigenvalue weighted by atomic mass is 19.4. The van der Waals surface area contributed by atoms with Crippen molar-refractivity contribution < 1.29 is 32.0 Å². The smallest absolute Gasteiger partial charge is 0.440 e. The van der Waals surface area contributed by atoms with Crippen LogP contribution in [0.3, 0.4) is 0 Å². The fourth-order valence-electron chi connectivity index (χ4n) is 1.89. The Kier molecular flexibility index (Phi) is 3.39. The minimum absolute atomic E-state index is 0.124. The van der Waals surface area contributed by atoms with E-state index in [9.17, 15) is 27.6 Å². The summed E-state index contributed by atoms with van der Waals surface area (Å²) in [7, 11) is 0. The van der Waals surface area contributed by atoms with Crippen LogP contribution in [0.5, 0.6) is 0 Å². The van der Waals surface area contributed by atoms with E-state index < -0.39 is 36.2 Å². The van der Waals surface area contributed by atoms with Crippen LogP contribution in [-0.4, -0.2) is 34.6 Å². The molecule has 1 fully saturated rings. The number of nitrogens with zero attached hydrogens (tertiary/aromatic N) is 1. The normalized spacial score (nSPS) is 22.4. The molecule has 2 heterocycles. The summed E-state index contributed by atoms with van der Waals surface area (Å²) in [5.74, 6) is -2.60. The lowest BCUT2D eigenvalue weighted by atomic mass is 10.1. The van der Waals surface area contributed by atoms with Gasteiger partial charge < -0.3 is 9.73 Å². The van der Waals surface area contributed by atoms with Gasteiger partial charge in [-0.15, -0.1) is 0 Å². The molecule has 0 bridgehead atoms. The van der Waals surface area contributed by atoms with Gasteiger partial charge in [-0.3, -0.25) is 19.8 Å². The molecule has 0 spiro atoms. The van der Waals surface area contributed by atoms with Crippen molar-refractivity contribution in [3.05, 3.63) is 24.2 Å². The number of rotatable bonds is 3. The first-order valence-electron chi connectivity index (χ1n) is 5.69. The van der Waals surface area contributed by atoms with Crippen molar-refractivity contribution in [3.8, 4) is 0 Å². The van der Waals surface area contributed by atoms with Gasteiger partial charge >= 0.3 is 12.2 Å². The molecule has 1 aromatic heterocycles. The van der Waals surface area contributed by atoms with E-state index in [0.29, 0.717) is 4.90 Å². The van der Waals surface area contributed by atoms with Crippen LogP contribution in [0.15, 0.2) is 22.8 Å². The molecule has 10 heteroatoms. The second kappa shape index (κ2) is 4.79. The number of halogens is 3. The molecule has 1 atom stereocenters. The number of hydrogen-bond acceptors (Lipinski definition) is 4. The van der Waals surface area contributed by atoms with Gasteiger partial charge in [0.2, 0.25) is 5.91 Å². The average molecular weight is 305 g/mol. The zero-order valence-electron chi connectivity index (χ0n) is 10.7. The zero-order valence-corrected chi connectivity index (χ0v) is 10.7. The van der Waals surface area contributed by atoms with Crippen LogP contribution >= 0.6 is 0 Å². The molecule has 21 heavy (non-hydrogen) atoms. The molecule has 7 nitrogen and oxygen atoms in total. The number of nitrogens with one attached hydrogen (secondary N) is 2. The molecule has 0 radical (unpaired) electrons. The predicted octanol–water partition coefficient (Wildman–Crippen LogP) is 0.726. The van der Waals surface area contributed by atoms with Gasteiger partial charge in [0, 0.05) is 6.92 Å². The van der Waals surface area contributed by atoms with Crippen LogP contribution in [0.1, 0.15) is 12.7 Å². The maximum absolute atomic E-state index is 13.2. The Morgan fingerprint density at radius 1 is 1.48 bits per heavy atom.